The number of benzene rings is 7. The van der Waals surface area contributed by atoms with Crippen LogP contribution in [0.25, 0.3) is 99.8 Å². The third-order valence-electron chi connectivity index (χ3n) is 10.1. The SMILES string of the molecule is c1ccc(-c2nc(-c3ccc(-c4cc5c6ccccc6n6c7ccccc7c(c4)c56)cc3)nc(-n3c4ccccc4c4ccccc43)n2)cc1. The van der Waals surface area contributed by atoms with E-state index in [-0.39, 0.29) is 0 Å². The molecular weight excluding hydrogens is 611 g/mol. The summed E-state index contributed by atoms with van der Waals surface area (Å²) >= 11 is 0. The summed E-state index contributed by atoms with van der Waals surface area (Å²) < 4.78 is 4.57. The first-order valence-electron chi connectivity index (χ1n) is 16.9. The van der Waals surface area contributed by atoms with Crippen LogP contribution in [0.2, 0.25) is 0 Å². The summed E-state index contributed by atoms with van der Waals surface area (Å²) in [6, 6.07) is 57.8. The zero-order chi connectivity index (χ0) is 32.8. The van der Waals surface area contributed by atoms with Crippen LogP contribution in [0.4, 0.5) is 0 Å². The van der Waals surface area contributed by atoms with Crippen LogP contribution in [0, 0.1) is 0 Å². The minimum absolute atomic E-state index is 0.596. The van der Waals surface area contributed by atoms with Gasteiger partial charge < -0.3 is 4.40 Å². The first kappa shape index (κ1) is 27.1. The number of fused-ring (bicyclic) bond motifs is 9. The van der Waals surface area contributed by atoms with Crippen molar-refractivity contribution in [2.45, 2.75) is 0 Å². The fourth-order valence-corrected chi connectivity index (χ4v) is 7.88. The van der Waals surface area contributed by atoms with Crippen molar-refractivity contribution in [2.24, 2.45) is 0 Å². The van der Waals surface area contributed by atoms with Gasteiger partial charge in [0.05, 0.1) is 27.6 Å². The van der Waals surface area contributed by atoms with E-state index in [1.807, 2.05) is 30.3 Å². The second-order valence-corrected chi connectivity index (χ2v) is 12.9. The van der Waals surface area contributed by atoms with Gasteiger partial charge in [0.25, 0.3) is 0 Å². The lowest BCUT2D eigenvalue weighted by molar-refractivity contribution is 0.953. The van der Waals surface area contributed by atoms with E-state index in [0.29, 0.717) is 17.6 Å². The molecule has 0 saturated carbocycles. The highest BCUT2D eigenvalue weighted by Crippen LogP contribution is 2.42. The first-order valence-corrected chi connectivity index (χ1v) is 16.9. The molecule has 4 heterocycles. The van der Waals surface area contributed by atoms with Crippen molar-refractivity contribution >= 4 is 59.9 Å². The maximum Gasteiger partial charge on any atom is 0.238 e. The van der Waals surface area contributed by atoms with Crippen LogP contribution in [-0.4, -0.2) is 23.9 Å². The molecule has 4 aromatic heterocycles. The van der Waals surface area contributed by atoms with Gasteiger partial charge >= 0.3 is 0 Å². The van der Waals surface area contributed by atoms with Crippen molar-refractivity contribution < 1.29 is 0 Å². The van der Waals surface area contributed by atoms with E-state index in [1.54, 1.807) is 0 Å². The molecule has 232 valence electrons. The Balaban J connectivity index is 1.09. The first-order chi connectivity index (χ1) is 24.8. The van der Waals surface area contributed by atoms with Gasteiger partial charge in [0.1, 0.15) is 0 Å². The van der Waals surface area contributed by atoms with Gasteiger partial charge in [-0.05, 0) is 47.5 Å². The highest BCUT2D eigenvalue weighted by Gasteiger charge is 2.20. The molecular formula is C45H27N5. The summed E-state index contributed by atoms with van der Waals surface area (Å²) in [6.45, 7) is 0. The molecule has 11 rings (SSSR count). The quantitative estimate of drug-likeness (QED) is 0.193. The number of aromatic nitrogens is 5. The third-order valence-corrected chi connectivity index (χ3v) is 10.1. The van der Waals surface area contributed by atoms with Crippen molar-refractivity contribution in [3.63, 3.8) is 0 Å². The molecule has 0 bridgehead atoms. The van der Waals surface area contributed by atoms with Crippen LogP contribution < -0.4 is 0 Å². The molecule has 0 fully saturated rings. The van der Waals surface area contributed by atoms with Crippen LogP contribution in [0.1, 0.15) is 0 Å². The fraction of sp³-hybridized carbons (Fsp3) is 0. The minimum atomic E-state index is 0.596. The maximum atomic E-state index is 5.14. The molecule has 0 aliphatic heterocycles. The summed E-state index contributed by atoms with van der Waals surface area (Å²) in [4.78, 5) is 15.2. The lowest BCUT2D eigenvalue weighted by Gasteiger charge is -2.11. The Morgan fingerprint density at radius 1 is 0.320 bits per heavy atom. The molecule has 0 amide bonds. The smallest absolute Gasteiger partial charge is 0.238 e. The van der Waals surface area contributed by atoms with E-state index in [1.165, 1.54) is 54.4 Å². The van der Waals surface area contributed by atoms with Crippen LogP contribution >= 0.6 is 0 Å². The second kappa shape index (κ2) is 10.3. The Labute approximate surface area is 286 Å². The maximum absolute atomic E-state index is 5.14. The molecule has 0 unspecified atom stereocenters. The van der Waals surface area contributed by atoms with E-state index in [2.05, 4.69) is 142 Å². The topological polar surface area (TPSA) is 48.0 Å². The highest BCUT2D eigenvalue weighted by molar-refractivity contribution is 6.24. The molecule has 0 radical (unpaired) electrons. The van der Waals surface area contributed by atoms with Crippen LogP contribution in [-0.2, 0) is 0 Å². The van der Waals surface area contributed by atoms with Crippen LogP contribution in [0.15, 0.2) is 164 Å². The van der Waals surface area contributed by atoms with Gasteiger partial charge in [0.2, 0.25) is 5.95 Å². The van der Waals surface area contributed by atoms with Crippen LogP contribution in [0.5, 0.6) is 0 Å². The summed E-state index contributed by atoms with van der Waals surface area (Å²) in [7, 11) is 0. The lowest BCUT2D eigenvalue weighted by Crippen LogP contribution is -2.06. The Kier molecular flexibility index (Phi) is 5.60. The van der Waals surface area contributed by atoms with Gasteiger partial charge in [0.15, 0.2) is 11.6 Å². The van der Waals surface area contributed by atoms with Crippen LogP contribution in [0.3, 0.4) is 0 Å². The van der Waals surface area contributed by atoms with Crippen molar-refractivity contribution in [1.82, 2.24) is 23.9 Å². The average molecular weight is 638 g/mol. The fourth-order valence-electron chi connectivity index (χ4n) is 7.88. The van der Waals surface area contributed by atoms with Gasteiger partial charge in [0, 0.05) is 43.4 Å². The van der Waals surface area contributed by atoms with E-state index >= 15 is 0 Å². The molecule has 11 aromatic rings. The number of rotatable bonds is 4. The van der Waals surface area contributed by atoms with E-state index in [0.717, 1.165) is 27.7 Å². The molecule has 0 N–H and O–H groups in total. The molecule has 0 saturated heterocycles. The average Bonchev–Trinajstić information content (AvgIpc) is 3.83. The molecule has 5 heteroatoms. The zero-order valence-corrected chi connectivity index (χ0v) is 26.8. The van der Waals surface area contributed by atoms with Crippen molar-refractivity contribution in [3.8, 4) is 39.9 Å². The number of para-hydroxylation sites is 4. The largest absolute Gasteiger partial charge is 0.308 e. The molecule has 5 nitrogen and oxygen atoms in total. The van der Waals surface area contributed by atoms with Crippen molar-refractivity contribution in [2.75, 3.05) is 0 Å². The lowest BCUT2D eigenvalue weighted by atomic mass is 9.98. The van der Waals surface area contributed by atoms with Gasteiger partial charge in [-0.15, -0.1) is 0 Å². The van der Waals surface area contributed by atoms with Gasteiger partial charge in [-0.2, -0.15) is 9.97 Å². The predicted molar refractivity (Wildman–Crippen MR) is 205 cm³/mol. The van der Waals surface area contributed by atoms with Gasteiger partial charge in [-0.1, -0.05) is 127 Å². The summed E-state index contributed by atoms with van der Waals surface area (Å²) in [6.07, 6.45) is 0. The highest BCUT2D eigenvalue weighted by atomic mass is 15.2. The summed E-state index contributed by atoms with van der Waals surface area (Å²) in [5, 5.41) is 7.42. The Bertz CT molecular complexity index is 2940. The standard InChI is InChI=1S/C45H27N5/c1-2-12-29(13-3-1)43-46-44(48-45(47-43)50-40-20-10-4-14-32(40)33-15-5-11-21-41(33)50)30-24-22-28(23-25-30)31-26-36-34-16-6-8-18-38(34)49-39-19-9-7-17-35(39)37(27-31)42(36)49/h1-27H. The molecule has 0 aliphatic carbocycles. The second-order valence-electron chi connectivity index (χ2n) is 12.9. The summed E-state index contributed by atoms with van der Waals surface area (Å²) in [5.74, 6) is 1.87. The Morgan fingerprint density at radius 3 is 1.28 bits per heavy atom. The van der Waals surface area contributed by atoms with E-state index in [9.17, 15) is 0 Å². The molecule has 0 aliphatic rings. The molecule has 50 heavy (non-hydrogen) atoms. The molecule has 0 atom stereocenters. The Hall–Kier alpha value is -6.85. The van der Waals surface area contributed by atoms with Gasteiger partial charge in [-0.3, -0.25) is 4.57 Å². The van der Waals surface area contributed by atoms with E-state index in [4.69, 9.17) is 15.0 Å². The van der Waals surface area contributed by atoms with Crippen molar-refractivity contribution in [3.05, 3.63) is 164 Å². The summed E-state index contributed by atoms with van der Waals surface area (Å²) in [5.41, 5.74) is 10.1. The number of hydrogen-bond donors (Lipinski definition) is 0. The third kappa shape index (κ3) is 3.86. The van der Waals surface area contributed by atoms with E-state index < -0.39 is 0 Å². The van der Waals surface area contributed by atoms with Crippen molar-refractivity contribution in [1.29, 1.82) is 0 Å². The number of nitrogens with zero attached hydrogens (tertiary/aromatic N) is 5. The monoisotopic (exact) mass is 637 g/mol. The molecule has 0 spiro atoms. The zero-order valence-electron chi connectivity index (χ0n) is 26.8. The minimum Gasteiger partial charge on any atom is -0.308 e. The van der Waals surface area contributed by atoms with Gasteiger partial charge in [-0.25, -0.2) is 4.98 Å². The molecule has 7 aromatic carbocycles. The Morgan fingerprint density at radius 2 is 0.740 bits per heavy atom. The number of hydrogen-bond acceptors (Lipinski definition) is 3. The predicted octanol–water partition coefficient (Wildman–Crippen LogP) is 11.1. The normalized spacial score (nSPS) is 12.0.